The molecule has 2 rings (SSSR count). The van der Waals surface area contributed by atoms with E-state index in [1.165, 1.54) is 25.3 Å². The van der Waals surface area contributed by atoms with Crippen molar-refractivity contribution in [2.45, 2.75) is 63.4 Å². The molecule has 0 unspecified atom stereocenters. The molecule has 1 fully saturated rings. The zero-order chi connectivity index (χ0) is 21.6. The fourth-order valence-electron chi connectivity index (χ4n) is 3.28. The van der Waals surface area contributed by atoms with Gasteiger partial charge in [-0.1, -0.05) is 6.92 Å². The maximum absolute atomic E-state index is 12.5. The van der Waals surface area contributed by atoms with Crippen LogP contribution in [0.15, 0.2) is 23.1 Å². The van der Waals surface area contributed by atoms with E-state index in [9.17, 15) is 18.0 Å². The van der Waals surface area contributed by atoms with Gasteiger partial charge in [0.05, 0.1) is 12.7 Å². The van der Waals surface area contributed by atoms with Crippen LogP contribution in [0.4, 0.5) is 0 Å². The molecule has 1 aromatic rings. The van der Waals surface area contributed by atoms with Crippen LogP contribution in [0.2, 0.25) is 0 Å². The van der Waals surface area contributed by atoms with Gasteiger partial charge in [-0.3, -0.25) is 4.79 Å². The van der Waals surface area contributed by atoms with E-state index in [-0.39, 0.29) is 34.2 Å². The summed E-state index contributed by atoms with van der Waals surface area (Å²) in [5.41, 5.74) is 0.0224. The van der Waals surface area contributed by atoms with Crippen LogP contribution < -0.4 is 14.8 Å². The van der Waals surface area contributed by atoms with Crippen molar-refractivity contribution in [2.75, 3.05) is 13.7 Å². The Labute approximate surface area is 172 Å². The maximum Gasteiger partial charge on any atom is 0.338 e. The number of nitrogens with one attached hydrogen (secondary N) is 2. The molecule has 2 N–H and O–H groups in total. The maximum atomic E-state index is 12.5. The number of ether oxygens (including phenoxy) is 2. The summed E-state index contributed by atoms with van der Waals surface area (Å²) in [5, 5.41) is 2.88. The Hall–Kier alpha value is -2.13. The summed E-state index contributed by atoms with van der Waals surface area (Å²) in [6, 6.07) is 3.75. The molecule has 8 nitrogen and oxygen atoms in total. The van der Waals surface area contributed by atoms with Crippen LogP contribution in [0.1, 0.15) is 56.8 Å². The number of amides is 1. The lowest BCUT2D eigenvalue weighted by Crippen LogP contribution is -2.39. The average molecular weight is 427 g/mol. The zero-order valence-electron chi connectivity index (χ0n) is 17.4. The summed E-state index contributed by atoms with van der Waals surface area (Å²) in [5.74, 6) is -0.354. The molecule has 0 bridgehead atoms. The normalized spacial score (nSPS) is 19.6. The first-order valence-corrected chi connectivity index (χ1v) is 11.3. The molecule has 9 heteroatoms. The number of rotatable bonds is 8. The van der Waals surface area contributed by atoms with Crippen molar-refractivity contribution in [3.8, 4) is 5.75 Å². The number of hydrogen-bond acceptors (Lipinski definition) is 6. The molecule has 0 aliphatic heterocycles. The molecular weight excluding hydrogens is 396 g/mol. The van der Waals surface area contributed by atoms with Crippen LogP contribution in [-0.2, 0) is 19.6 Å². The first kappa shape index (κ1) is 23.2. The van der Waals surface area contributed by atoms with E-state index < -0.39 is 22.6 Å². The van der Waals surface area contributed by atoms with E-state index in [0.29, 0.717) is 5.92 Å². The van der Waals surface area contributed by atoms with Crippen LogP contribution in [0.25, 0.3) is 0 Å². The average Bonchev–Trinajstić information content (AvgIpc) is 2.66. The van der Waals surface area contributed by atoms with Crippen molar-refractivity contribution >= 4 is 21.9 Å². The minimum absolute atomic E-state index is 0.0224. The number of carbonyl (C=O) groups excluding carboxylic acids is 2. The van der Waals surface area contributed by atoms with Crippen molar-refractivity contribution in [1.82, 2.24) is 10.0 Å². The quantitative estimate of drug-likeness (QED) is 0.617. The van der Waals surface area contributed by atoms with Crippen LogP contribution in [-0.4, -0.2) is 46.1 Å². The van der Waals surface area contributed by atoms with Gasteiger partial charge < -0.3 is 14.8 Å². The van der Waals surface area contributed by atoms with Crippen molar-refractivity contribution < 1.29 is 27.5 Å². The van der Waals surface area contributed by atoms with Gasteiger partial charge >= 0.3 is 5.97 Å². The summed E-state index contributed by atoms with van der Waals surface area (Å²) in [7, 11) is -2.53. The fraction of sp³-hybridized carbons (Fsp3) is 0.600. The van der Waals surface area contributed by atoms with E-state index in [0.717, 1.165) is 25.7 Å². The zero-order valence-corrected chi connectivity index (χ0v) is 18.2. The minimum Gasteiger partial charge on any atom is -0.495 e. The monoisotopic (exact) mass is 426 g/mol. The Kier molecular flexibility index (Phi) is 8.04. The lowest BCUT2D eigenvalue weighted by atomic mass is 9.87. The molecule has 0 spiro atoms. The third kappa shape index (κ3) is 6.71. The fourth-order valence-corrected chi connectivity index (χ4v) is 4.72. The van der Waals surface area contributed by atoms with Crippen molar-refractivity contribution in [3.63, 3.8) is 0 Å². The third-order valence-electron chi connectivity index (χ3n) is 4.80. The van der Waals surface area contributed by atoms with Crippen molar-refractivity contribution in [2.24, 2.45) is 5.92 Å². The first-order chi connectivity index (χ1) is 13.6. The van der Waals surface area contributed by atoms with Crippen molar-refractivity contribution in [3.05, 3.63) is 23.8 Å². The van der Waals surface area contributed by atoms with E-state index in [4.69, 9.17) is 9.47 Å². The summed E-state index contributed by atoms with van der Waals surface area (Å²) >= 11 is 0. The van der Waals surface area contributed by atoms with E-state index in [1.807, 2.05) is 0 Å². The highest BCUT2D eigenvalue weighted by molar-refractivity contribution is 7.89. The topological polar surface area (TPSA) is 111 Å². The van der Waals surface area contributed by atoms with Crippen LogP contribution in [0.5, 0.6) is 5.75 Å². The van der Waals surface area contributed by atoms with Gasteiger partial charge in [-0.15, -0.1) is 0 Å². The van der Waals surface area contributed by atoms with Crippen molar-refractivity contribution in [1.29, 1.82) is 0 Å². The molecule has 0 saturated heterocycles. The van der Waals surface area contributed by atoms with Crippen LogP contribution in [0.3, 0.4) is 0 Å². The highest BCUT2D eigenvalue weighted by atomic mass is 32.2. The molecule has 0 atom stereocenters. The Morgan fingerprint density at radius 2 is 1.83 bits per heavy atom. The van der Waals surface area contributed by atoms with Crippen LogP contribution in [0, 0.1) is 5.92 Å². The number of esters is 1. The van der Waals surface area contributed by atoms with Gasteiger partial charge in [0.1, 0.15) is 10.6 Å². The molecule has 1 amide bonds. The summed E-state index contributed by atoms with van der Waals surface area (Å²) in [6.07, 6.45) is 3.98. The van der Waals surface area contributed by atoms with E-state index >= 15 is 0 Å². The molecule has 1 aromatic carbocycles. The van der Waals surface area contributed by atoms with Gasteiger partial charge in [-0.2, -0.15) is 0 Å². The van der Waals surface area contributed by atoms with E-state index in [2.05, 4.69) is 17.0 Å². The molecule has 0 radical (unpaired) electrons. The predicted octanol–water partition coefficient (Wildman–Crippen LogP) is 2.23. The van der Waals surface area contributed by atoms with Crippen LogP contribution >= 0.6 is 0 Å². The van der Waals surface area contributed by atoms with Gasteiger partial charge in [0.25, 0.3) is 5.91 Å². The highest BCUT2D eigenvalue weighted by Crippen LogP contribution is 2.26. The lowest BCUT2D eigenvalue weighted by molar-refractivity contribution is -0.125. The Morgan fingerprint density at radius 1 is 1.17 bits per heavy atom. The standard InChI is InChI=1S/C20H30N2O6S/c1-13(2)22-29(25,26)18-11-15(7-10-17(18)27-4)20(24)28-12-19(23)21-16-8-5-14(3)6-9-16/h7,10-11,13-14,16,22H,5-6,8-9,12H2,1-4H3,(H,21,23). The molecule has 1 saturated carbocycles. The van der Waals surface area contributed by atoms with Gasteiger partial charge in [-0.25, -0.2) is 17.9 Å². The molecular formula is C20H30N2O6S. The Morgan fingerprint density at radius 3 is 2.41 bits per heavy atom. The van der Waals surface area contributed by atoms with Gasteiger partial charge in [0.2, 0.25) is 10.0 Å². The number of methoxy groups -OCH3 is 1. The lowest BCUT2D eigenvalue weighted by Gasteiger charge is -2.26. The summed E-state index contributed by atoms with van der Waals surface area (Å²) in [6.45, 7) is 5.16. The molecule has 162 valence electrons. The highest BCUT2D eigenvalue weighted by Gasteiger charge is 2.24. The second-order valence-corrected chi connectivity index (χ2v) is 9.42. The Bertz CT molecular complexity index is 829. The third-order valence-corrected chi connectivity index (χ3v) is 6.47. The number of benzene rings is 1. The molecule has 0 aromatic heterocycles. The largest absolute Gasteiger partial charge is 0.495 e. The first-order valence-electron chi connectivity index (χ1n) is 9.79. The number of hydrogen-bond donors (Lipinski definition) is 2. The summed E-state index contributed by atoms with van der Waals surface area (Å²) < 4.78 is 37.6. The number of sulfonamides is 1. The minimum atomic E-state index is -3.88. The Balaban J connectivity index is 2.01. The molecule has 1 aliphatic rings. The van der Waals surface area contributed by atoms with Gasteiger partial charge in [0.15, 0.2) is 6.61 Å². The second kappa shape index (κ2) is 10.1. The second-order valence-electron chi connectivity index (χ2n) is 7.74. The van der Waals surface area contributed by atoms with E-state index in [1.54, 1.807) is 13.8 Å². The SMILES string of the molecule is COc1ccc(C(=O)OCC(=O)NC2CCC(C)CC2)cc1S(=O)(=O)NC(C)C. The molecule has 29 heavy (non-hydrogen) atoms. The van der Waals surface area contributed by atoms with Gasteiger partial charge in [0, 0.05) is 12.1 Å². The predicted molar refractivity (Wildman–Crippen MR) is 108 cm³/mol. The smallest absolute Gasteiger partial charge is 0.338 e. The molecule has 1 aliphatic carbocycles. The number of carbonyl (C=O) groups is 2. The molecule has 0 heterocycles. The summed E-state index contributed by atoms with van der Waals surface area (Å²) in [4.78, 5) is 24.2. The van der Waals surface area contributed by atoms with Gasteiger partial charge in [-0.05, 0) is 63.6 Å².